The third-order valence-electron chi connectivity index (χ3n) is 4.67. The van der Waals surface area contributed by atoms with Crippen LogP contribution in [0.15, 0.2) is 36.9 Å². The van der Waals surface area contributed by atoms with Crippen molar-refractivity contribution in [3.05, 3.63) is 48.0 Å². The van der Waals surface area contributed by atoms with Crippen molar-refractivity contribution in [2.45, 2.75) is 51.1 Å². The van der Waals surface area contributed by atoms with E-state index in [4.69, 9.17) is 5.11 Å². The van der Waals surface area contributed by atoms with Gasteiger partial charge in [0.05, 0.1) is 0 Å². The number of carboxylic acids is 1. The maximum atomic E-state index is 12.2. The summed E-state index contributed by atoms with van der Waals surface area (Å²) >= 11 is 0. The molecule has 1 unspecified atom stereocenters. The number of allylic oxidation sites excluding steroid dienone is 1. The van der Waals surface area contributed by atoms with Crippen molar-refractivity contribution in [1.82, 2.24) is 10.6 Å². The molecule has 6 nitrogen and oxygen atoms in total. The first-order chi connectivity index (χ1) is 12.5. The first kappa shape index (κ1) is 19.7. The number of hydrogen-bond donors (Lipinski definition) is 3. The van der Waals surface area contributed by atoms with Crippen LogP contribution in [0.25, 0.3) is 0 Å². The van der Waals surface area contributed by atoms with E-state index in [1.807, 2.05) is 0 Å². The van der Waals surface area contributed by atoms with Crippen molar-refractivity contribution < 1.29 is 19.5 Å². The Morgan fingerprint density at radius 3 is 2.42 bits per heavy atom. The fourth-order valence-corrected chi connectivity index (χ4v) is 3.08. The fraction of sp³-hybridized carbons (Fsp3) is 0.450. The zero-order chi connectivity index (χ0) is 18.9. The van der Waals surface area contributed by atoms with Crippen LogP contribution in [0.3, 0.4) is 0 Å². The maximum absolute atomic E-state index is 12.2. The fourth-order valence-electron chi connectivity index (χ4n) is 3.08. The normalized spacial score (nSPS) is 15.2. The Kier molecular flexibility index (Phi) is 7.38. The molecule has 0 radical (unpaired) electrons. The van der Waals surface area contributed by atoms with Crippen LogP contribution in [0, 0.1) is 5.92 Å². The molecule has 1 fully saturated rings. The lowest BCUT2D eigenvalue weighted by molar-refractivity contribution is -0.139. The number of carbonyl (C=O) groups excluding carboxylic acids is 2. The smallest absolute Gasteiger partial charge is 0.326 e. The molecular weight excluding hydrogens is 332 g/mol. The predicted molar refractivity (Wildman–Crippen MR) is 98.6 cm³/mol. The van der Waals surface area contributed by atoms with Gasteiger partial charge in [0.15, 0.2) is 0 Å². The van der Waals surface area contributed by atoms with E-state index < -0.39 is 17.9 Å². The van der Waals surface area contributed by atoms with Crippen LogP contribution in [0.2, 0.25) is 0 Å². The molecule has 1 aromatic rings. The van der Waals surface area contributed by atoms with Gasteiger partial charge in [0.1, 0.15) is 6.04 Å². The highest BCUT2D eigenvalue weighted by Crippen LogP contribution is 2.24. The number of aliphatic carboxylic acids is 1. The van der Waals surface area contributed by atoms with Crippen molar-refractivity contribution in [2.24, 2.45) is 5.92 Å². The lowest BCUT2D eigenvalue weighted by Gasteiger charge is -2.14. The lowest BCUT2D eigenvalue weighted by Crippen LogP contribution is -2.40. The summed E-state index contributed by atoms with van der Waals surface area (Å²) in [5.41, 5.74) is 1.29. The largest absolute Gasteiger partial charge is 0.480 e. The second-order valence-electron chi connectivity index (χ2n) is 6.63. The summed E-state index contributed by atoms with van der Waals surface area (Å²) in [6.45, 7) is 3.98. The number of nitrogens with one attached hydrogen (secondary N) is 2. The topological polar surface area (TPSA) is 95.5 Å². The van der Waals surface area contributed by atoms with Gasteiger partial charge in [-0.05, 0) is 43.4 Å². The van der Waals surface area contributed by atoms with Crippen molar-refractivity contribution in [1.29, 1.82) is 0 Å². The highest BCUT2D eigenvalue weighted by molar-refractivity contribution is 5.96. The second-order valence-corrected chi connectivity index (χ2v) is 6.63. The van der Waals surface area contributed by atoms with E-state index in [0.29, 0.717) is 24.9 Å². The molecule has 1 aromatic carbocycles. The summed E-state index contributed by atoms with van der Waals surface area (Å²) in [7, 11) is 0. The summed E-state index contributed by atoms with van der Waals surface area (Å²) in [6.07, 6.45) is 6.59. The Morgan fingerprint density at radius 1 is 1.19 bits per heavy atom. The molecule has 1 atom stereocenters. The molecule has 6 heteroatoms. The molecule has 0 spiro atoms. The van der Waals surface area contributed by atoms with Gasteiger partial charge in [-0.15, -0.1) is 6.58 Å². The minimum atomic E-state index is -1.06. The van der Waals surface area contributed by atoms with Gasteiger partial charge in [0, 0.05) is 18.0 Å². The van der Waals surface area contributed by atoms with Crippen molar-refractivity contribution in [3.63, 3.8) is 0 Å². The Labute approximate surface area is 153 Å². The summed E-state index contributed by atoms with van der Waals surface area (Å²) in [4.78, 5) is 35.4. The first-order valence-electron chi connectivity index (χ1n) is 9.02. The second kappa shape index (κ2) is 9.75. The van der Waals surface area contributed by atoms with E-state index in [2.05, 4.69) is 17.2 Å². The number of rotatable bonds is 9. The predicted octanol–water partition coefficient (Wildman–Crippen LogP) is 2.64. The molecule has 0 aromatic heterocycles. The SMILES string of the molecule is C=CCCC(NC(=O)c1ccc(CNC(=O)C2CCCC2)cc1)C(=O)O. The molecular formula is C20H26N2O4. The highest BCUT2D eigenvalue weighted by Gasteiger charge is 2.22. The lowest BCUT2D eigenvalue weighted by atomic mass is 10.1. The average molecular weight is 358 g/mol. The number of hydrogen-bond acceptors (Lipinski definition) is 3. The van der Waals surface area contributed by atoms with Crippen LogP contribution in [-0.2, 0) is 16.1 Å². The number of benzene rings is 1. The van der Waals surface area contributed by atoms with Gasteiger partial charge in [-0.25, -0.2) is 4.79 Å². The van der Waals surface area contributed by atoms with Crippen molar-refractivity contribution >= 4 is 17.8 Å². The molecule has 0 heterocycles. The number of carbonyl (C=O) groups is 3. The van der Waals surface area contributed by atoms with Crippen LogP contribution in [0.1, 0.15) is 54.4 Å². The van der Waals surface area contributed by atoms with Crippen LogP contribution in [0.5, 0.6) is 0 Å². The number of carboxylic acid groups (broad SMARTS) is 1. The monoisotopic (exact) mass is 358 g/mol. The maximum Gasteiger partial charge on any atom is 0.326 e. The quantitative estimate of drug-likeness (QED) is 0.591. The van der Waals surface area contributed by atoms with E-state index in [9.17, 15) is 14.4 Å². The molecule has 1 aliphatic rings. The Morgan fingerprint density at radius 2 is 1.85 bits per heavy atom. The van der Waals surface area contributed by atoms with E-state index in [1.165, 1.54) is 0 Å². The third kappa shape index (κ3) is 5.72. The minimum absolute atomic E-state index is 0.0934. The van der Waals surface area contributed by atoms with Gasteiger partial charge in [-0.2, -0.15) is 0 Å². The molecule has 0 aliphatic heterocycles. The minimum Gasteiger partial charge on any atom is -0.480 e. The van der Waals surface area contributed by atoms with E-state index in [1.54, 1.807) is 30.3 Å². The van der Waals surface area contributed by atoms with E-state index in [0.717, 1.165) is 31.2 Å². The Balaban J connectivity index is 1.86. The number of amides is 2. The van der Waals surface area contributed by atoms with E-state index in [-0.39, 0.29) is 11.8 Å². The van der Waals surface area contributed by atoms with Crippen LogP contribution in [0.4, 0.5) is 0 Å². The standard InChI is InChI=1S/C20H26N2O4/c1-2-3-8-17(20(25)26)22-19(24)16-11-9-14(10-12-16)13-21-18(23)15-6-4-5-7-15/h2,9-12,15,17H,1,3-8,13H2,(H,21,23)(H,22,24)(H,25,26). The van der Waals surface area contributed by atoms with Crippen LogP contribution >= 0.6 is 0 Å². The zero-order valence-corrected chi connectivity index (χ0v) is 14.9. The molecule has 0 saturated heterocycles. The summed E-state index contributed by atoms with van der Waals surface area (Å²) in [5.74, 6) is -1.27. The summed E-state index contributed by atoms with van der Waals surface area (Å²) in [5, 5.41) is 14.6. The van der Waals surface area contributed by atoms with Gasteiger partial charge in [0.2, 0.25) is 5.91 Å². The average Bonchev–Trinajstić information content (AvgIpc) is 3.18. The molecule has 3 N–H and O–H groups in total. The van der Waals surface area contributed by atoms with Gasteiger partial charge in [0.25, 0.3) is 5.91 Å². The molecule has 0 bridgehead atoms. The van der Waals surface area contributed by atoms with E-state index >= 15 is 0 Å². The zero-order valence-electron chi connectivity index (χ0n) is 14.9. The molecule has 1 saturated carbocycles. The molecule has 2 rings (SSSR count). The van der Waals surface area contributed by atoms with Gasteiger partial charge >= 0.3 is 5.97 Å². The molecule has 1 aliphatic carbocycles. The Hall–Kier alpha value is -2.63. The molecule has 2 amide bonds. The van der Waals surface area contributed by atoms with Crippen LogP contribution < -0.4 is 10.6 Å². The summed E-state index contributed by atoms with van der Waals surface area (Å²) in [6, 6.07) is 5.87. The first-order valence-corrected chi connectivity index (χ1v) is 9.02. The van der Waals surface area contributed by atoms with Crippen LogP contribution in [-0.4, -0.2) is 28.9 Å². The summed E-state index contributed by atoms with van der Waals surface area (Å²) < 4.78 is 0. The van der Waals surface area contributed by atoms with Gasteiger partial charge in [-0.3, -0.25) is 9.59 Å². The van der Waals surface area contributed by atoms with Crippen molar-refractivity contribution in [3.8, 4) is 0 Å². The molecule has 26 heavy (non-hydrogen) atoms. The van der Waals surface area contributed by atoms with Crippen molar-refractivity contribution in [2.75, 3.05) is 0 Å². The highest BCUT2D eigenvalue weighted by atomic mass is 16.4. The van der Waals surface area contributed by atoms with Gasteiger partial charge in [-0.1, -0.05) is 31.1 Å². The molecule has 140 valence electrons. The van der Waals surface area contributed by atoms with Gasteiger partial charge < -0.3 is 15.7 Å². The third-order valence-corrected chi connectivity index (χ3v) is 4.67. The Bertz CT molecular complexity index is 648.